The van der Waals surface area contributed by atoms with Gasteiger partial charge in [0.25, 0.3) is 0 Å². The van der Waals surface area contributed by atoms with Crippen LogP contribution in [0.3, 0.4) is 0 Å². The van der Waals surface area contributed by atoms with E-state index in [9.17, 15) is 0 Å². The van der Waals surface area contributed by atoms with Crippen LogP contribution in [0, 0.1) is 0 Å². The lowest BCUT2D eigenvalue weighted by Gasteiger charge is -2.08. The average molecular weight is 282 g/mol. The first kappa shape index (κ1) is 14.9. The van der Waals surface area contributed by atoms with Gasteiger partial charge < -0.3 is 9.88 Å². The summed E-state index contributed by atoms with van der Waals surface area (Å²) in [5, 5.41) is 13.3. The highest BCUT2D eigenvalue weighted by Crippen LogP contribution is 2.22. The van der Waals surface area contributed by atoms with E-state index in [4.69, 9.17) is 0 Å². The van der Waals surface area contributed by atoms with E-state index in [0.29, 0.717) is 6.04 Å². The predicted molar refractivity (Wildman–Crippen MR) is 80.7 cm³/mol. The van der Waals surface area contributed by atoms with Crippen molar-refractivity contribution in [2.45, 2.75) is 70.1 Å². The Morgan fingerprint density at radius 3 is 2.95 bits per heavy atom. The van der Waals surface area contributed by atoms with Crippen molar-refractivity contribution in [1.29, 1.82) is 0 Å². The SMILES string of the molecule is CC(C)NCCCCSc1nnc2n1CCCCC2. The van der Waals surface area contributed by atoms with Crippen molar-refractivity contribution in [2.75, 3.05) is 12.3 Å². The molecule has 1 N–H and O–H groups in total. The van der Waals surface area contributed by atoms with Crippen LogP contribution < -0.4 is 5.32 Å². The second-order valence-electron chi connectivity index (χ2n) is 5.53. The fraction of sp³-hybridized carbons (Fsp3) is 0.857. The lowest BCUT2D eigenvalue weighted by Crippen LogP contribution is -2.23. The summed E-state index contributed by atoms with van der Waals surface area (Å²) in [6.45, 7) is 6.62. The summed E-state index contributed by atoms with van der Waals surface area (Å²) in [5.41, 5.74) is 0. The smallest absolute Gasteiger partial charge is 0.191 e. The minimum Gasteiger partial charge on any atom is -0.315 e. The predicted octanol–water partition coefficient (Wildman–Crippen LogP) is 2.87. The molecule has 2 heterocycles. The van der Waals surface area contributed by atoms with Crippen LogP contribution in [0.4, 0.5) is 0 Å². The van der Waals surface area contributed by atoms with Crippen LogP contribution in [-0.4, -0.2) is 33.1 Å². The van der Waals surface area contributed by atoms with E-state index in [-0.39, 0.29) is 0 Å². The van der Waals surface area contributed by atoms with Gasteiger partial charge >= 0.3 is 0 Å². The highest BCUT2D eigenvalue weighted by Gasteiger charge is 2.14. The first-order chi connectivity index (χ1) is 9.27. The van der Waals surface area contributed by atoms with Crippen LogP contribution >= 0.6 is 11.8 Å². The quantitative estimate of drug-likeness (QED) is 0.617. The molecular formula is C14H26N4S. The number of aromatic nitrogens is 3. The van der Waals surface area contributed by atoms with E-state index in [1.807, 2.05) is 11.8 Å². The number of fused-ring (bicyclic) bond motifs is 1. The van der Waals surface area contributed by atoms with Crippen LogP contribution in [0.5, 0.6) is 0 Å². The summed E-state index contributed by atoms with van der Waals surface area (Å²) in [6, 6.07) is 0.597. The molecule has 0 atom stereocenters. The molecule has 0 radical (unpaired) electrons. The molecule has 2 rings (SSSR count). The first-order valence-electron chi connectivity index (χ1n) is 7.55. The molecular weight excluding hydrogens is 256 g/mol. The van der Waals surface area contributed by atoms with Crippen molar-refractivity contribution in [2.24, 2.45) is 0 Å². The topological polar surface area (TPSA) is 42.7 Å². The van der Waals surface area contributed by atoms with Crippen molar-refractivity contribution in [3.05, 3.63) is 5.82 Å². The number of aryl methyl sites for hydroxylation is 1. The van der Waals surface area contributed by atoms with Gasteiger partial charge in [0.15, 0.2) is 5.16 Å². The number of rotatable bonds is 7. The van der Waals surface area contributed by atoms with Crippen molar-refractivity contribution in [3.8, 4) is 0 Å². The van der Waals surface area contributed by atoms with Gasteiger partial charge in [0.1, 0.15) is 5.82 Å². The first-order valence-corrected chi connectivity index (χ1v) is 8.54. The number of nitrogens with one attached hydrogen (secondary N) is 1. The van der Waals surface area contributed by atoms with Gasteiger partial charge in [-0.25, -0.2) is 0 Å². The number of thioether (sulfide) groups is 1. The highest BCUT2D eigenvalue weighted by molar-refractivity contribution is 7.99. The van der Waals surface area contributed by atoms with Crippen molar-refractivity contribution in [3.63, 3.8) is 0 Å². The van der Waals surface area contributed by atoms with Crippen LogP contribution in [0.1, 0.15) is 51.8 Å². The maximum atomic E-state index is 4.35. The van der Waals surface area contributed by atoms with Crippen molar-refractivity contribution in [1.82, 2.24) is 20.1 Å². The second-order valence-corrected chi connectivity index (χ2v) is 6.59. The summed E-state index contributed by atoms with van der Waals surface area (Å²) in [7, 11) is 0. The van der Waals surface area contributed by atoms with Crippen LogP contribution in [-0.2, 0) is 13.0 Å². The largest absolute Gasteiger partial charge is 0.315 e. The lowest BCUT2D eigenvalue weighted by molar-refractivity contribution is 0.567. The number of nitrogens with zero attached hydrogens (tertiary/aromatic N) is 3. The molecule has 1 aromatic heterocycles. The summed E-state index contributed by atoms with van der Waals surface area (Å²) < 4.78 is 2.34. The van der Waals surface area contributed by atoms with Gasteiger partial charge in [-0.3, -0.25) is 0 Å². The summed E-state index contributed by atoms with van der Waals surface area (Å²) in [6.07, 6.45) is 7.46. The molecule has 1 aliphatic rings. The molecule has 1 aromatic rings. The Morgan fingerprint density at radius 1 is 1.21 bits per heavy atom. The maximum Gasteiger partial charge on any atom is 0.191 e. The van der Waals surface area contributed by atoms with E-state index in [1.165, 1.54) is 37.9 Å². The highest BCUT2D eigenvalue weighted by atomic mass is 32.2. The standard InChI is InChI=1S/C14H26N4S/c1-12(2)15-9-5-7-11-19-14-17-16-13-8-4-3-6-10-18(13)14/h12,15H,3-11H2,1-2H3. The molecule has 4 nitrogen and oxygen atoms in total. The van der Waals surface area contributed by atoms with E-state index >= 15 is 0 Å². The van der Waals surface area contributed by atoms with Gasteiger partial charge in [0, 0.05) is 24.8 Å². The fourth-order valence-corrected chi connectivity index (χ4v) is 3.33. The Kier molecular flexibility index (Phi) is 6.17. The zero-order valence-electron chi connectivity index (χ0n) is 12.2. The number of unbranched alkanes of at least 4 members (excludes halogenated alkanes) is 1. The Morgan fingerprint density at radius 2 is 2.11 bits per heavy atom. The van der Waals surface area contributed by atoms with Gasteiger partial charge in [-0.1, -0.05) is 32.0 Å². The van der Waals surface area contributed by atoms with Gasteiger partial charge in [-0.05, 0) is 32.2 Å². The minimum atomic E-state index is 0.597. The van der Waals surface area contributed by atoms with Gasteiger partial charge in [-0.2, -0.15) is 0 Å². The molecule has 0 aromatic carbocycles. The molecule has 0 saturated carbocycles. The summed E-state index contributed by atoms with van der Waals surface area (Å²) >= 11 is 1.87. The van der Waals surface area contributed by atoms with Crippen molar-refractivity contribution < 1.29 is 0 Å². The van der Waals surface area contributed by atoms with E-state index < -0.39 is 0 Å². The minimum absolute atomic E-state index is 0.597. The molecule has 1 aliphatic heterocycles. The third-order valence-electron chi connectivity index (χ3n) is 3.43. The van der Waals surface area contributed by atoms with Gasteiger partial charge in [0.2, 0.25) is 0 Å². The normalized spacial score (nSPS) is 15.5. The third-order valence-corrected chi connectivity index (χ3v) is 4.48. The molecule has 0 fully saturated rings. The summed E-state index contributed by atoms with van der Waals surface area (Å²) in [4.78, 5) is 0. The van der Waals surface area contributed by atoms with Crippen LogP contribution in [0.2, 0.25) is 0 Å². The van der Waals surface area contributed by atoms with Gasteiger partial charge in [0.05, 0.1) is 0 Å². The average Bonchev–Trinajstić information content (AvgIpc) is 2.61. The molecule has 0 spiro atoms. The molecule has 0 saturated heterocycles. The second kappa shape index (κ2) is 7.90. The molecule has 0 aliphatic carbocycles. The summed E-state index contributed by atoms with van der Waals surface area (Å²) in [5.74, 6) is 2.35. The molecule has 0 bridgehead atoms. The van der Waals surface area contributed by atoms with E-state index in [0.717, 1.165) is 30.4 Å². The maximum absolute atomic E-state index is 4.35. The Labute approximate surface area is 120 Å². The Hall–Kier alpha value is -0.550. The Bertz CT molecular complexity index is 376. The van der Waals surface area contributed by atoms with Crippen LogP contribution in [0.15, 0.2) is 5.16 Å². The number of hydrogen-bond acceptors (Lipinski definition) is 4. The third kappa shape index (κ3) is 4.80. The molecule has 5 heteroatoms. The van der Waals surface area contributed by atoms with E-state index in [1.54, 1.807) is 0 Å². The Balaban J connectivity index is 1.70. The molecule has 0 unspecified atom stereocenters. The molecule has 19 heavy (non-hydrogen) atoms. The van der Waals surface area contributed by atoms with Crippen LogP contribution in [0.25, 0.3) is 0 Å². The zero-order chi connectivity index (χ0) is 13.5. The zero-order valence-corrected chi connectivity index (χ0v) is 13.0. The van der Waals surface area contributed by atoms with E-state index in [2.05, 4.69) is 33.9 Å². The lowest BCUT2D eigenvalue weighted by atomic mass is 10.2. The monoisotopic (exact) mass is 282 g/mol. The molecule has 0 amide bonds. The number of hydrogen-bond donors (Lipinski definition) is 1. The van der Waals surface area contributed by atoms with Crippen molar-refractivity contribution >= 4 is 11.8 Å². The fourth-order valence-electron chi connectivity index (χ4n) is 2.35. The molecule has 108 valence electrons. The van der Waals surface area contributed by atoms with Gasteiger partial charge in [-0.15, -0.1) is 10.2 Å².